The van der Waals surface area contributed by atoms with Crippen LogP contribution in [0.3, 0.4) is 0 Å². The maximum absolute atomic E-state index is 12.1. The molecule has 0 N–H and O–H groups in total. The van der Waals surface area contributed by atoms with E-state index >= 15 is 0 Å². The number of benzene rings is 1. The first-order valence-corrected chi connectivity index (χ1v) is 7.56. The molecule has 112 valence electrons. The van der Waals surface area contributed by atoms with Gasteiger partial charge in [0.15, 0.2) is 0 Å². The second-order valence-corrected chi connectivity index (χ2v) is 5.70. The van der Waals surface area contributed by atoms with Crippen LogP contribution in [0, 0.1) is 6.92 Å². The second kappa shape index (κ2) is 7.47. The molecule has 0 aliphatic rings. The monoisotopic (exact) mass is 309 g/mol. The molecular formula is C13H15N3O4S. The minimum Gasteiger partial charge on any atom is -0.466 e. The Morgan fingerprint density at radius 3 is 2.52 bits per heavy atom. The lowest BCUT2D eigenvalue weighted by molar-refractivity contribution is -0.141. The molecule has 1 aromatic rings. The molecule has 7 nitrogen and oxygen atoms in total. The van der Waals surface area contributed by atoms with Crippen molar-refractivity contribution in [2.24, 2.45) is 4.40 Å². The lowest BCUT2D eigenvalue weighted by atomic mass is 10.2. The Bertz CT molecular complexity index is 687. The molecule has 0 fully saturated rings. The molecule has 0 spiro atoms. The number of sulfonamides is 1. The molecule has 8 heteroatoms. The van der Waals surface area contributed by atoms with Crippen molar-refractivity contribution in [2.45, 2.75) is 25.2 Å². The van der Waals surface area contributed by atoms with Crippen LogP contribution in [0.1, 0.15) is 18.9 Å². The van der Waals surface area contributed by atoms with Crippen molar-refractivity contribution in [3.63, 3.8) is 0 Å². The van der Waals surface area contributed by atoms with E-state index in [0.717, 1.165) is 11.8 Å². The fraction of sp³-hybridized carbons (Fsp3) is 0.308. The average Bonchev–Trinajstić information content (AvgIpc) is 2.39. The van der Waals surface area contributed by atoms with Gasteiger partial charge in [-0.1, -0.05) is 17.7 Å². The minimum atomic E-state index is -3.98. The van der Waals surface area contributed by atoms with E-state index in [1.54, 1.807) is 19.1 Å². The Kier molecular flexibility index (Phi) is 5.95. The van der Waals surface area contributed by atoms with Crippen molar-refractivity contribution in [1.29, 1.82) is 0 Å². The number of hydrogen-bond acceptors (Lipinski definition) is 4. The van der Waals surface area contributed by atoms with Crippen LogP contribution >= 0.6 is 0 Å². The van der Waals surface area contributed by atoms with E-state index in [2.05, 4.69) is 9.19 Å². The van der Waals surface area contributed by atoms with Gasteiger partial charge in [0, 0.05) is 0 Å². The zero-order chi connectivity index (χ0) is 15.9. The van der Waals surface area contributed by atoms with Crippen molar-refractivity contribution in [3.05, 3.63) is 35.4 Å². The highest BCUT2D eigenvalue weighted by molar-refractivity contribution is 7.90. The predicted octanol–water partition coefficient (Wildman–Crippen LogP) is 1.38. The van der Waals surface area contributed by atoms with Gasteiger partial charge in [0.1, 0.15) is 5.71 Å². The van der Waals surface area contributed by atoms with Gasteiger partial charge in [0.25, 0.3) is 10.0 Å². The van der Waals surface area contributed by atoms with Gasteiger partial charge in [0.2, 0.25) is 0 Å². The van der Waals surface area contributed by atoms with E-state index in [9.17, 15) is 13.2 Å². The van der Waals surface area contributed by atoms with Crippen LogP contribution in [0.2, 0.25) is 0 Å². The van der Waals surface area contributed by atoms with Crippen LogP contribution in [-0.2, 0) is 19.6 Å². The van der Waals surface area contributed by atoms with Crippen molar-refractivity contribution in [3.8, 4) is 0 Å². The largest absolute Gasteiger partial charge is 0.466 e. The summed E-state index contributed by atoms with van der Waals surface area (Å²) in [5.74, 6) is -0.657. The van der Waals surface area contributed by atoms with E-state index in [-0.39, 0.29) is 17.2 Å². The number of esters is 1. The van der Waals surface area contributed by atoms with Gasteiger partial charge < -0.3 is 10.3 Å². The molecule has 0 radical (unpaired) electrons. The highest BCUT2D eigenvalue weighted by Gasteiger charge is 2.17. The molecule has 1 rings (SSSR count). The van der Waals surface area contributed by atoms with Crippen LogP contribution in [0.25, 0.3) is 5.53 Å². The maximum atomic E-state index is 12.1. The molecule has 0 aliphatic heterocycles. The molecule has 0 saturated carbocycles. The fourth-order valence-corrected chi connectivity index (χ4v) is 2.45. The van der Waals surface area contributed by atoms with Crippen molar-refractivity contribution in [2.75, 3.05) is 6.61 Å². The summed E-state index contributed by atoms with van der Waals surface area (Å²) < 4.78 is 32.4. The first-order valence-electron chi connectivity index (χ1n) is 6.12. The van der Waals surface area contributed by atoms with Gasteiger partial charge in [-0.25, -0.2) is 0 Å². The van der Waals surface area contributed by atoms with Gasteiger partial charge in [-0.3, -0.25) is 4.79 Å². The third-order valence-corrected chi connectivity index (χ3v) is 3.74. The molecule has 0 aliphatic carbocycles. The summed E-state index contributed by atoms with van der Waals surface area (Å²) >= 11 is 0. The number of carbonyl (C=O) groups excluding carboxylic acids is 1. The minimum absolute atomic E-state index is 0.0131. The Labute approximate surface area is 122 Å². The Balaban J connectivity index is 3.11. The second-order valence-electron chi connectivity index (χ2n) is 4.10. The maximum Gasteiger partial charge on any atom is 0.312 e. The zero-order valence-corrected chi connectivity index (χ0v) is 12.5. The predicted molar refractivity (Wildman–Crippen MR) is 76.7 cm³/mol. The zero-order valence-electron chi connectivity index (χ0n) is 11.7. The molecule has 0 amide bonds. The van der Waals surface area contributed by atoms with Gasteiger partial charge in [-0.2, -0.15) is 17.6 Å². The lowest BCUT2D eigenvalue weighted by Gasteiger charge is -2.02. The third-order valence-electron chi connectivity index (χ3n) is 2.39. The number of rotatable bonds is 6. The summed E-state index contributed by atoms with van der Waals surface area (Å²) in [4.78, 5) is 14.1. The number of carbonyl (C=O) groups is 1. The average molecular weight is 309 g/mol. The topological polar surface area (TPSA) is 109 Å². The smallest absolute Gasteiger partial charge is 0.312 e. The van der Waals surface area contributed by atoms with Crippen molar-refractivity contribution >= 4 is 27.9 Å². The first kappa shape index (κ1) is 16.7. The number of aryl methyl sites for hydroxylation is 1. The lowest BCUT2D eigenvalue weighted by Crippen LogP contribution is -2.14. The van der Waals surface area contributed by atoms with Gasteiger partial charge in [-0.05, 0) is 26.0 Å². The molecule has 0 saturated heterocycles. The molecule has 0 aromatic heterocycles. The van der Waals surface area contributed by atoms with Crippen LogP contribution < -0.4 is 0 Å². The third kappa shape index (κ3) is 5.29. The molecule has 21 heavy (non-hydrogen) atoms. The first-order chi connectivity index (χ1) is 9.89. The van der Waals surface area contributed by atoms with Crippen LogP contribution in [0.15, 0.2) is 33.6 Å². The highest BCUT2D eigenvalue weighted by atomic mass is 32.2. The Hall–Kier alpha value is -2.31. The molecule has 1 aromatic carbocycles. The van der Waals surface area contributed by atoms with Crippen LogP contribution in [0.5, 0.6) is 0 Å². The molecule has 0 atom stereocenters. The fourth-order valence-electron chi connectivity index (χ4n) is 1.45. The van der Waals surface area contributed by atoms with E-state index < -0.39 is 22.4 Å². The van der Waals surface area contributed by atoms with Gasteiger partial charge >= 0.3 is 12.2 Å². The number of hydrogen-bond donors (Lipinski definition) is 0. The molecule has 0 bridgehead atoms. The van der Waals surface area contributed by atoms with Gasteiger partial charge in [0.05, 0.1) is 17.9 Å². The highest BCUT2D eigenvalue weighted by Crippen LogP contribution is 2.13. The van der Waals surface area contributed by atoms with E-state index in [0.29, 0.717) is 0 Å². The van der Waals surface area contributed by atoms with Crippen molar-refractivity contribution in [1.82, 2.24) is 0 Å². The standard InChI is InChI=1S/C13H15N3O4S/c1-3-20-13(17)8-11(9-15-14)16-21(18,19)12-6-4-10(2)5-7-12/h4-7,9H,3,8H2,1-2H3. The van der Waals surface area contributed by atoms with E-state index in [1.807, 2.05) is 6.92 Å². The Morgan fingerprint density at radius 1 is 1.38 bits per heavy atom. The number of nitrogens with zero attached hydrogens (tertiary/aromatic N) is 3. The molecule has 0 unspecified atom stereocenters. The summed E-state index contributed by atoms with van der Waals surface area (Å²) in [7, 11) is -3.98. The Morgan fingerprint density at radius 2 is 2.00 bits per heavy atom. The summed E-state index contributed by atoms with van der Waals surface area (Å²) in [6.07, 6.45) is 0.394. The molecular weight excluding hydrogens is 294 g/mol. The van der Waals surface area contributed by atoms with E-state index in [1.165, 1.54) is 12.1 Å². The van der Waals surface area contributed by atoms with Crippen LogP contribution in [0.4, 0.5) is 0 Å². The molecule has 0 heterocycles. The van der Waals surface area contributed by atoms with Crippen LogP contribution in [-0.4, -0.2) is 37.7 Å². The summed E-state index contributed by atoms with van der Waals surface area (Å²) in [5.41, 5.74) is 9.22. The van der Waals surface area contributed by atoms with Gasteiger partial charge in [-0.15, -0.1) is 0 Å². The normalized spacial score (nSPS) is 11.6. The number of ether oxygens (including phenoxy) is 1. The summed E-state index contributed by atoms with van der Waals surface area (Å²) in [6, 6.07) is 6.08. The SMILES string of the molecule is CCOC(=O)CC(C=[N+]=[N-])=NS(=O)(=O)c1ccc(C)cc1. The summed E-state index contributed by atoms with van der Waals surface area (Å²) in [5, 5.41) is 0. The van der Waals surface area contributed by atoms with E-state index in [4.69, 9.17) is 10.3 Å². The summed E-state index contributed by atoms with van der Waals surface area (Å²) in [6.45, 7) is 3.61. The van der Waals surface area contributed by atoms with Crippen molar-refractivity contribution < 1.29 is 22.7 Å². The quantitative estimate of drug-likeness (QED) is 0.342.